The summed E-state index contributed by atoms with van der Waals surface area (Å²) in [6.45, 7) is 6.78. The van der Waals surface area contributed by atoms with E-state index in [4.69, 9.17) is 0 Å². The van der Waals surface area contributed by atoms with Gasteiger partial charge in [-0.3, -0.25) is 4.79 Å². The Morgan fingerprint density at radius 2 is 2.00 bits per heavy atom. The van der Waals surface area contributed by atoms with Crippen molar-refractivity contribution in [3.05, 3.63) is 0 Å². The van der Waals surface area contributed by atoms with E-state index in [0.717, 1.165) is 36.2 Å². The van der Waals surface area contributed by atoms with Gasteiger partial charge in [-0.15, -0.1) is 0 Å². The van der Waals surface area contributed by atoms with E-state index in [0.29, 0.717) is 11.7 Å². The highest BCUT2D eigenvalue weighted by Crippen LogP contribution is 2.34. The molecular formula is C13H24OS. The molecule has 15 heavy (non-hydrogen) atoms. The highest BCUT2D eigenvalue weighted by atomic mass is 32.2. The normalized spacial score (nSPS) is 31.5. The summed E-state index contributed by atoms with van der Waals surface area (Å²) in [6.07, 6.45) is 4.69. The van der Waals surface area contributed by atoms with Crippen molar-refractivity contribution in [2.24, 2.45) is 17.8 Å². The van der Waals surface area contributed by atoms with E-state index in [1.807, 2.05) is 11.8 Å². The molecule has 0 bridgehead atoms. The molecule has 0 saturated heterocycles. The third-order valence-electron chi connectivity index (χ3n) is 3.65. The highest BCUT2D eigenvalue weighted by Gasteiger charge is 2.28. The van der Waals surface area contributed by atoms with Crippen molar-refractivity contribution < 1.29 is 4.79 Å². The van der Waals surface area contributed by atoms with E-state index in [1.54, 1.807) is 0 Å². The zero-order valence-electron chi connectivity index (χ0n) is 10.3. The molecule has 0 aromatic carbocycles. The molecule has 1 rings (SSSR count). The molecule has 1 aliphatic carbocycles. The van der Waals surface area contributed by atoms with Gasteiger partial charge in [0.05, 0.1) is 5.75 Å². The molecule has 0 spiro atoms. The topological polar surface area (TPSA) is 17.1 Å². The second-order valence-electron chi connectivity index (χ2n) is 4.98. The van der Waals surface area contributed by atoms with E-state index in [-0.39, 0.29) is 0 Å². The zero-order valence-corrected chi connectivity index (χ0v) is 11.1. The average Bonchev–Trinajstić information content (AvgIpc) is 2.22. The lowest BCUT2D eigenvalue weighted by molar-refractivity contribution is -0.122. The summed E-state index contributed by atoms with van der Waals surface area (Å²) in [5.74, 6) is 4.32. The van der Waals surface area contributed by atoms with Crippen LogP contribution in [0.5, 0.6) is 0 Å². The maximum atomic E-state index is 11.9. The third kappa shape index (κ3) is 4.18. The second-order valence-corrected chi connectivity index (χ2v) is 6.09. The predicted molar refractivity (Wildman–Crippen MR) is 68.3 cm³/mol. The van der Waals surface area contributed by atoms with Crippen molar-refractivity contribution in [3.63, 3.8) is 0 Å². The summed E-state index contributed by atoms with van der Waals surface area (Å²) < 4.78 is 0. The van der Waals surface area contributed by atoms with Gasteiger partial charge in [-0.05, 0) is 43.3 Å². The predicted octanol–water partition coefficient (Wildman–Crippen LogP) is 3.77. The fourth-order valence-corrected chi connectivity index (χ4v) is 3.14. The Balaban J connectivity index is 2.28. The number of rotatable bonds is 5. The first-order valence-corrected chi connectivity index (χ1v) is 7.41. The molecule has 1 aliphatic rings. The first kappa shape index (κ1) is 13.1. The van der Waals surface area contributed by atoms with Crippen LogP contribution in [0.4, 0.5) is 0 Å². The van der Waals surface area contributed by atoms with Crippen LogP contribution in [-0.2, 0) is 4.79 Å². The van der Waals surface area contributed by atoms with Crippen LogP contribution < -0.4 is 0 Å². The number of hydrogen-bond donors (Lipinski definition) is 0. The van der Waals surface area contributed by atoms with Crippen LogP contribution in [0.25, 0.3) is 0 Å². The molecule has 0 heterocycles. The third-order valence-corrected chi connectivity index (χ3v) is 4.83. The molecule has 2 heteroatoms. The van der Waals surface area contributed by atoms with Crippen LogP contribution >= 0.6 is 11.8 Å². The zero-order chi connectivity index (χ0) is 11.3. The number of carbonyl (C=O) groups excluding carboxylic acids is 1. The minimum Gasteiger partial charge on any atom is -0.298 e. The van der Waals surface area contributed by atoms with E-state index in [2.05, 4.69) is 20.8 Å². The Kier molecular flexibility index (Phi) is 5.73. The summed E-state index contributed by atoms with van der Waals surface area (Å²) >= 11 is 1.81. The summed E-state index contributed by atoms with van der Waals surface area (Å²) in [5.41, 5.74) is 0. The van der Waals surface area contributed by atoms with Crippen LogP contribution in [-0.4, -0.2) is 17.3 Å². The van der Waals surface area contributed by atoms with Crippen molar-refractivity contribution in [1.29, 1.82) is 0 Å². The quantitative estimate of drug-likeness (QED) is 0.666. The molecule has 1 saturated carbocycles. The smallest absolute Gasteiger partial charge is 0.145 e. The van der Waals surface area contributed by atoms with Crippen molar-refractivity contribution in [2.45, 2.75) is 46.5 Å². The van der Waals surface area contributed by atoms with Gasteiger partial charge in [0, 0.05) is 5.92 Å². The average molecular weight is 228 g/mol. The lowest BCUT2D eigenvalue weighted by Crippen LogP contribution is -2.27. The van der Waals surface area contributed by atoms with Crippen LogP contribution in [0.2, 0.25) is 0 Å². The minimum atomic E-state index is 0.376. The molecule has 88 valence electrons. The number of ketones is 1. The summed E-state index contributed by atoms with van der Waals surface area (Å²) in [5, 5.41) is 0. The minimum absolute atomic E-state index is 0.376. The maximum absolute atomic E-state index is 11.9. The Morgan fingerprint density at radius 3 is 2.60 bits per heavy atom. The first-order valence-electron chi connectivity index (χ1n) is 6.25. The van der Waals surface area contributed by atoms with Gasteiger partial charge in [0.15, 0.2) is 0 Å². The van der Waals surface area contributed by atoms with Gasteiger partial charge in [-0.25, -0.2) is 0 Å². The maximum Gasteiger partial charge on any atom is 0.145 e. The molecule has 0 aliphatic heterocycles. The number of thioether (sulfide) groups is 1. The molecule has 0 radical (unpaired) electrons. The van der Waals surface area contributed by atoms with Crippen LogP contribution in [0, 0.1) is 17.8 Å². The summed E-state index contributed by atoms with van der Waals surface area (Å²) in [6, 6.07) is 0. The van der Waals surface area contributed by atoms with E-state index < -0.39 is 0 Å². The van der Waals surface area contributed by atoms with Gasteiger partial charge in [0.2, 0.25) is 0 Å². The van der Waals surface area contributed by atoms with E-state index in [9.17, 15) is 4.79 Å². The molecule has 0 N–H and O–H groups in total. The molecule has 0 amide bonds. The van der Waals surface area contributed by atoms with Gasteiger partial charge in [0.25, 0.3) is 0 Å². The Hall–Kier alpha value is 0.0200. The Bertz CT molecular complexity index is 203. The molecule has 3 unspecified atom stereocenters. The monoisotopic (exact) mass is 228 g/mol. The van der Waals surface area contributed by atoms with Gasteiger partial charge >= 0.3 is 0 Å². The standard InChI is InChI=1S/C13H24OS/c1-4-7-15-9-13(14)12-6-5-10(2)11(3)8-12/h10-12H,4-9H2,1-3H3. The van der Waals surface area contributed by atoms with Gasteiger partial charge in [-0.1, -0.05) is 20.8 Å². The van der Waals surface area contributed by atoms with Crippen molar-refractivity contribution >= 4 is 17.5 Å². The largest absolute Gasteiger partial charge is 0.298 e. The molecule has 1 fully saturated rings. The number of hydrogen-bond acceptors (Lipinski definition) is 2. The lowest BCUT2D eigenvalue weighted by atomic mass is 9.74. The Labute approximate surface area is 98.4 Å². The second kappa shape index (κ2) is 6.57. The molecule has 0 aromatic rings. The molecule has 0 aromatic heterocycles. The molecule has 3 atom stereocenters. The fraction of sp³-hybridized carbons (Fsp3) is 0.923. The fourth-order valence-electron chi connectivity index (χ4n) is 2.27. The SMILES string of the molecule is CCCSCC(=O)C1CCC(C)C(C)C1. The van der Waals surface area contributed by atoms with Crippen LogP contribution in [0.1, 0.15) is 46.5 Å². The Morgan fingerprint density at radius 1 is 1.27 bits per heavy atom. The van der Waals surface area contributed by atoms with Gasteiger partial charge in [0.1, 0.15) is 5.78 Å². The first-order chi connectivity index (χ1) is 7.15. The van der Waals surface area contributed by atoms with Crippen LogP contribution in [0.3, 0.4) is 0 Å². The van der Waals surface area contributed by atoms with Gasteiger partial charge in [-0.2, -0.15) is 11.8 Å². The number of carbonyl (C=O) groups is 1. The van der Waals surface area contributed by atoms with Crippen LogP contribution in [0.15, 0.2) is 0 Å². The van der Waals surface area contributed by atoms with Crippen molar-refractivity contribution in [3.8, 4) is 0 Å². The summed E-state index contributed by atoms with van der Waals surface area (Å²) in [4.78, 5) is 11.9. The van der Waals surface area contributed by atoms with Crippen molar-refractivity contribution in [1.82, 2.24) is 0 Å². The van der Waals surface area contributed by atoms with E-state index >= 15 is 0 Å². The van der Waals surface area contributed by atoms with E-state index in [1.165, 1.54) is 12.8 Å². The molecular weight excluding hydrogens is 204 g/mol. The lowest BCUT2D eigenvalue weighted by Gasteiger charge is -2.31. The van der Waals surface area contributed by atoms with Gasteiger partial charge < -0.3 is 0 Å². The number of Topliss-reactive ketones (excluding diaryl/α,β-unsaturated/α-hetero) is 1. The molecule has 1 nitrogen and oxygen atoms in total. The summed E-state index contributed by atoms with van der Waals surface area (Å²) in [7, 11) is 0. The van der Waals surface area contributed by atoms with Crippen molar-refractivity contribution in [2.75, 3.05) is 11.5 Å². The highest BCUT2D eigenvalue weighted by molar-refractivity contribution is 7.99.